The number of ether oxygens (including phenoxy) is 3. The van der Waals surface area contributed by atoms with E-state index in [0.717, 1.165) is 0 Å². The number of carbonyl (C=O) groups excluding carboxylic acids is 1. The number of fused-ring (bicyclic) bond motifs is 1. The molecule has 34 heavy (non-hydrogen) atoms. The Labute approximate surface area is 211 Å². The molecule has 0 aliphatic carbocycles. The molecular weight excluding hydrogens is 503 g/mol. The number of anilines is 1. The number of rotatable bonds is 7. The molecule has 1 aliphatic heterocycles. The van der Waals surface area contributed by atoms with E-state index in [1.165, 1.54) is 20.3 Å². The average Bonchev–Trinajstić information content (AvgIpc) is 3.26. The molecule has 1 aromatic heterocycles. The summed E-state index contributed by atoms with van der Waals surface area (Å²) >= 11 is 19.7. The maximum Gasteiger partial charge on any atom is 0.243 e. The highest BCUT2D eigenvalue weighted by atomic mass is 35.5. The summed E-state index contributed by atoms with van der Waals surface area (Å²) in [5.41, 5.74) is 1.72. The Balaban J connectivity index is 1.69. The fourth-order valence-corrected chi connectivity index (χ4v) is 4.69. The van der Waals surface area contributed by atoms with Gasteiger partial charge in [-0.1, -0.05) is 41.4 Å². The van der Waals surface area contributed by atoms with Crippen LogP contribution in [-0.2, 0) is 9.53 Å². The van der Waals surface area contributed by atoms with Crippen LogP contribution in [0.2, 0.25) is 15.1 Å². The molecule has 2 heterocycles. The van der Waals surface area contributed by atoms with E-state index in [1.807, 2.05) is 6.07 Å². The van der Waals surface area contributed by atoms with Crippen molar-refractivity contribution < 1.29 is 19.0 Å². The molecule has 2 atom stereocenters. The summed E-state index contributed by atoms with van der Waals surface area (Å²) in [6.45, 7) is 4.24. The number of halogens is 3. The van der Waals surface area contributed by atoms with Crippen molar-refractivity contribution in [3.8, 4) is 22.6 Å². The van der Waals surface area contributed by atoms with Crippen LogP contribution in [0.15, 0.2) is 37.1 Å². The molecular formula is C23H21Cl3N4O4. The highest BCUT2D eigenvalue weighted by molar-refractivity contribution is 6.41. The Morgan fingerprint density at radius 2 is 1.79 bits per heavy atom. The average molecular weight is 524 g/mol. The summed E-state index contributed by atoms with van der Waals surface area (Å²) in [7, 11) is 3.02. The summed E-state index contributed by atoms with van der Waals surface area (Å²) < 4.78 is 16.2. The monoisotopic (exact) mass is 522 g/mol. The summed E-state index contributed by atoms with van der Waals surface area (Å²) in [5, 5.41) is 7.76. The molecule has 3 aromatic rings. The lowest BCUT2D eigenvalue weighted by Gasteiger charge is -2.20. The third-order valence-corrected chi connectivity index (χ3v) is 6.45. The van der Waals surface area contributed by atoms with Gasteiger partial charge >= 0.3 is 0 Å². The van der Waals surface area contributed by atoms with E-state index in [0.29, 0.717) is 67.8 Å². The van der Waals surface area contributed by atoms with E-state index < -0.39 is 0 Å². The Kier molecular flexibility index (Phi) is 7.33. The standard InChI is InChI=1S/C23H21Cl3N4O4/c1-4-18(31)28-14-9-34-10-15(14)29-23-27-8-12-5-11(6-13(24)22(12)30-23)19-20(25)16(32-2)7-17(33-3)21(19)26/h4-8,14-15H,1,9-10H2,2-3H3,(H,28,31)(H,27,29,30). The van der Waals surface area contributed by atoms with Crippen molar-refractivity contribution in [2.45, 2.75) is 12.1 Å². The fraction of sp³-hybridized carbons (Fsp3) is 0.261. The second kappa shape index (κ2) is 10.2. The first-order valence-electron chi connectivity index (χ1n) is 10.2. The Hall–Kier alpha value is -2.78. The summed E-state index contributed by atoms with van der Waals surface area (Å²) in [6, 6.07) is 4.73. The van der Waals surface area contributed by atoms with Gasteiger partial charge in [0.1, 0.15) is 11.5 Å². The van der Waals surface area contributed by atoms with E-state index >= 15 is 0 Å². The number of benzene rings is 2. The third-order valence-electron chi connectivity index (χ3n) is 5.41. The molecule has 8 nitrogen and oxygen atoms in total. The predicted octanol–water partition coefficient (Wildman–Crippen LogP) is 4.76. The Morgan fingerprint density at radius 1 is 1.12 bits per heavy atom. The number of amides is 1. The molecule has 0 saturated carbocycles. The molecule has 2 unspecified atom stereocenters. The maximum absolute atomic E-state index is 11.7. The molecule has 0 radical (unpaired) electrons. The zero-order valence-electron chi connectivity index (χ0n) is 18.3. The van der Waals surface area contributed by atoms with E-state index in [1.54, 1.807) is 18.3 Å². The molecule has 1 fully saturated rings. The van der Waals surface area contributed by atoms with Crippen LogP contribution in [0.3, 0.4) is 0 Å². The van der Waals surface area contributed by atoms with Crippen molar-refractivity contribution >= 4 is 57.6 Å². The second-order valence-corrected chi connectivity index (χ2v) is 8.64. The van der Waals surface area contributed by atoms with Gasteiger partial charge in [0.25, 0.3) is 0 Å². The number of carbonyl (C=O) groups is 1. The number of aromatic nitrogens is 2. The van der Waals surface area contributed by atoms with Crippen LogP contribution in [-0.4, -0.2) is 55.4 Å². The first-order valence-corrected chi connectivity index (χ1v) is 11.3. The van der Waals surface area contributed by atoms with Gasteiger partial charge in [-0.25, -0.2) is 9.97 Å². The predicted molar refractivity (Wildman–Crippen MR) is 133 cm³/mol. The molecule has 1 amide bonds. The lowest BCUT2D eigenvalue weighted by molar-refractivity contribution is -0.117. The van der Waals surface area contributed by atoms with E-state index in [-0.39, 0.29) is 18.0 Å². The van der Waals surface area contributed by atoms with Crippen molar-refractivity contribution in [1.82, 2.24) is 15.3 Å². The first-order chi connectivity index (χ1) is 16.4. The van der Waals surface area contributed by atoms with Crippen LogP contribution in [0, 0.1) is 0 Å². The Bertz CT molecular complexity index is 1240. The number of methoxy groups -OCH3 is 2. The summed E-state index contributed by atoms with van der Waals surface area (Å²) in [4.78, 5) is 20.6. The van der Waals surface area contributed by atoms with Crippen LogP contribution < -0.4 is 20.1 Å². The lowest BCUT2D eigenvalue weighted by Crippen LogP contribution is -2.45. The van der Waals surface area contributed by atoms with Crippen molar-refractivity contribution in [2.75, 3.05) is 32.8 Å². The SMILES string of the molecule is C=CC(=O)NC1COCC1Nc1ncc2cc(-c3c(Cl)c(OC)cc(OC)c3Cl)cc(Cl)c2n1. The van der Waals surface area contributed by atoms with E-state index in [9.17, 15) is 4.79 Å². The minimum atomic E-state index is -0.274. The number of hydrogen-bond donors (Lipinski definition) is 2. The smallest absolute Gasteiger partial charge is 0.243 e. The molecule has 4 rings (SSSR count). The molecule has 0 bridgehead atoms. The number of nitrogens with one attached hydrogen (secondary N) is 2. The van der Waals surface area contributed by atoms with Gasteiger partial charge in [0.2, 0.25) is 11.9 Å². The normalized spacial score (nSPS) is 17.4. The third kappa shape index (κ3) is 4.72. The lowest BCUT2D eigenvalue weighted by atomic mass is 10.0. The van der Waals surface area contributed by atoms with E-state index in [2.05, 4.69) is 27.2 Å². The molecule has 1 saturated heterocycles. The van der Waals surface area contributed by atoms with Crippen LogP contribution in [0.25, 0.3) is 22.0 Å². The number of nitrogens with zero attached hydrogens (tertiary/aromatic N) is 2. The van der Waals surface area contributed by atoms with Crippen LogP contribution >= 0.6 is 34.8 Å². The fourth-order valence-electron chi connectivity index (χ4n) is 3.70. The van der Waals surface area contributed by atoms with Gasteiger partial charge in [-0.3, -0.25) is 4.79 Å². The topological polar surface area (TPSA) is 94.6 Å². The quantitative estimate of drug-likeness (QED) is 0.431. The maximum atomic E-state index is 11.7. The van der Waals surface area contributed by atoms with Gasteiger partial charge in [0, 0.05) is 23.2 Å². The van der Waals surface area contributed by atoms with Gasteiger partial charge in [0.15, 0.2) is 0 Å². The largest absolute Gasteiger partial charge is 0.495 e. The molecule has 2 aromatic carbocycles. The summed E-state index contributed by atoms with van der Waals surface area (Å²) in [6.07, 6.45) is 2.86. The van der Waals surface area contributed by atoms with Crippen LogP contribution in [0.5, 0.6) is 11.5 Å². The van der Waals surface area contributed by atoms with Crippen molar-refractivity contribution in [2.24, 2.45) is 0 Å². The van der Waals surface area contributed by atoms with Crippen molar-refractivity contribution in [1.29, 1.82) is 0 Å². The van der Waals surface area contributed by atoms with Crippen LogP contribution in [0.4, 0.5) is 5.95 Å². The molecule has 178 valence electrons. The number of hydrogen-bond acceptors (Lipinski definition) is 7. The highest BCUT2D eigenvalue weighted by Gasteiger charge is 2.30. The minimum Gasteiger partial charge on any atom is -0.495 e. The van der Waals surface area contributed by atoms with Gasteiger partial charge < -0.3 is 24.8 Å². The van der Waals surface area contributed by atoms with Crippen LogP contribution in [0.1, 0.15) is 0 Å². The zero-order chi connectivity index (χ0) is 24.4. The van der Waals surface area contributed by atoms with Gasteiger partial charge in [0.05, 0.1) is 60.1 Å². The molecule has 2 N–H and O–H groups in total. The Morgan fingerprint density at radius 3 is 2.44 bits per heavy atom. The molecule has 1 aliphatic rings. The van der Waals surface area contributed by atoms with Crippen molar-refractivity contribution in [3.05, 3.63) is 52.1 Å². The first kappa shape index (κ1) is 24.3. The molecule has 0 spiro atoms. The van der Waals surface area contributed by atoms with Crippen molar-refractivity contribution in [3.63, 3.8) is 0 Å². The summed E-state index contributed by atoms with van der Waals surface area (Å²) in [5.74, 6) is 0.919. The second-order valence-electron chi connectivity index (χ2n) is 7.48. The highest BCUT2D eigenvalue weighted by Crippen LogP contribution is 2.47. The van der Waals surface area contributed by atoms with E-state index in [4.69, 9.17) is 49.0 Å². The van der Waals surface area contributed by atoms with Gasteiger partial charge in [-0.15, -0.1) is 0 Å². The zero-order valence-corrected chi connectivity index (χ0v) is 20.6. The molecule has 11 heteroatoms. The van der Waals surface area contributed by atoms with Gasteiger partial charge in [-0.2, -0.15) is 0 Å². The van der Waals surface area contributed by atoms with Gasteiger partial charge in [-0.05, 0) is 23.8 Å². The minimum absolute atomic E-state index is 0.207.